The Morgan fingerprint density at radius 3 is 2.75 bits per heavy atom. The Balaban J connectivity index is 2.05. The fraction of sp³-hybridized carbons (Fsp3) is 0.471. The zero-order valence-electron chi connectivity index (χ0n) is 12.0. The van der Waals surface area contributed by atoms with Crippen molar-refractivity contribution < 1.29 is 4.74 Å². The summed E-state index contributed by atoms with van der Waals surface area (Å²) in [6.07, 6.45) is 8.30. The molecule has 0 amide bonds. The van der Waals surface area contributed by atoms with Crippen LogP contribution in [0.3, 0.4) is 0 Å². The summed E-state index contributed by atoms with van der Waals surface area (Å²) in [4.78, 5) is 4.36. The van der Waals surface area contributed by atoms with Gasteiger partial charge in [-0.1, -0.05) is 37.1 Å². The number of aromatic nitrogens is 1. The number of benzene rings is 1. The van der Waals surface area contributed by atoms with Crippen molar-refractivity contribution in [3.8, 4) is 0 Å². The largest absolute Gasteiger partial charge is 0.373 e. The summed E-state index contributed by atoms with van der Waals surface area (Å²) in [5.41, 5.74) is 7.52. The first kappa shape index (κ1) is 13.5. The molecule has 1 saturated carbocycles. The average Bonchev–Trinajstić information content (AvgIpc) is 2.96. The van der Waals surface area contributed by atoms with Crippen molar-refractivity contribution >= 4 is 10.8 Å². The molecule has 3 rings (SSSR count). The van der Waals surface area contributed by atoms with Crippen molar-refractivity contribution in [2.75, 3.05) is 6.61 Å². The SMILES string of the molecule is CCOC1(C(N)c2cncc3ccccc23)CCCC1. The van der Waals surface area contributed by atoms with Gasteiger partial charge in [0, 0.05) is 24.4 Å². The predicted molar refractivity (Wildman–Crippen MR) is 81.5 cm³/mol. The Morgan fingerprint density at radius 2 is 2.00 bits per heavy atom. The van der Waals surface area contributed by atoms with Gasteiger partial charge in [0.15, 0.2) is 0 Å². The highest BCUT2D eigenvalue weighted by Gasteiger charge is 2.41. The second-order valence-electron chi connectivity index (χ2n) is 5.63. The second kappa shape index (κ2) is 5.51. The van der Waals surface area contributed by atoms with Crippen LogP contribution in [0.25, 0.3) is 10.8 Å². The van der Waals surface area contributed by atoms with E-state index in [4.69, 9.17) is 10.5 Å². The van der Waals surface area contributed by atoms with Crippen LogP contribution in [0.1, 0.15) is 44.2 Å². The molecule has 20 heavy (non-hydrogen) atoms. The van der Waals surface area contributed by atoms with E-state index in [1.165, 1.54) is 18.2 Å². The first-order valence-electron chi connectivity index (χ1n) is 7.49. The summed E-state index contributed by atoms with van der Waals surface area (Å²) in [5.74, 6) is 0. The Morgan fingerprint density at radius 1 is 1.25 bits per heavy atom. The van der Waals surface area contributed by atoms with E-state index in [0.717, 1.165) is 23.8 Å². The minimum Gasteiger partial charge on any atom is -0.373 e. The molecule has 106 valence electrons. The van der Waals surface area contributed by atoms with Gasteiger partial charge in [-0.2, -0.15) is 0 Å². The smallest absolute Gasteiger partial charge is 0.0874 e. The van der Waals surface area contributed by atoms with Gasteiger partial charge in [0.2, 0.25) is 0 Å². The molecular weight excluding hydrogens is 248 g/mol. The molecule has 1 unspecified atom stereocenters. The molecule has 1 fully saturated rings. The summed E-state index contributed by atoms with van der Waals surface area (Å²) in [5, 5.41) is 2.34. The lowest BCUT2D eigenvalue weighted by Crippen LogP contribution is -2.41. The summed E-state index contributed by atoms with van der Waals surface area (Å²) in [7, 11) is 0. The van der Waals surface area contributed by atoms with Gasteiger partial charge < -0.3 is 10.5 Å². The van der Waals surface area contributed by atoms with Gasteiger partial charge in [-0.05, 0) is 30.7 Å². The number of rotatable bonds is 4. The number of pyridine rings is 1. The summed E-state index contributed by atoms with van der Waals surface area (Å²) in [6.45, 7) is 2.76. The fourth-order valence-corrected chi connectivity index (χ4v) is 3.48. The van der Waals surface area contributed by atoms with E-state index >= 15 is 0 Å². The minimum absolute atomic E-state index is 0.108. The van der Waals surface area contributed by atoms with E-state index in [2.05, 4.69) is 23.2 Å². The van der Waals surface area contributed by atoms with Crippen LogP contribution in [0.2, 0.25) is 0 Å². The van der Waals surface area contributed by atoms with Gasteiger partial charge >= 0.3 is 0 Å². The molecule has 2 aromatic rings. The number of nitrogens with zero attached hydrogens (tertiary/aromatic N) is 1. The van der Waals surface area contributed by atoms with Crippen molar-refractivity contribution in [1.82, 2.24) is 4.98 Å². The zero-order chi connectivity index (χ0) is 14.0. The molecule has 0 aliphatic heterocycles. The molecule has 1 atom stereocenters. The normalized spacial score (nSPS) is 19.3. The predicted octanol–water partition coefficient (Wildman–Crippen LogP) is 3.58. The van der Waals surface area contributed by atoms with Crippen molar-refractivity contribution in [3.05, 3.63) is 42.2 Å². The maximum atomic E-state index is 6.62. The molecule has 0 saturated heterocycles. The van der Waals surface area contributed by atoms with E-state index in [9.17, 15) is 0 Å². The average molecular weight is 270 g/mol. The highest BCUT2D eigenvalue weighted by atomic mass is 16.5. The molecule has 0 radical (unpaired) electrons. The van der Waals surface area contributed by atoms with Crippen LogP contribution in [0.15, 0.2) is 36.7 Å². The van der Waals surface area contributed by atoms with Gasteiger partial charge in [0.1, 0.15) is 0 Å². The second-order valence-corrected chi connectivity index (χ2v) is 5.63. The Bertz CT molecular complexity index is 585. The van der Waals surface area contributed by atoms with Crippen LogP contribution >= 0.6 is 0 Å². The maximum absolute atomic E-state index is 6.62. The van der Waals surface area contributed by atoms with Crippen LogP contribution in [-0.2, 0) is 4.74 Å². The fourth-order valence-electron chi connectivity index (χ4n) is 3.48. The molecule has 1 aliphatic carbocycles. The lowest BCUT2D eigenvalue weighted by Gasteiger charge is -2.35. The molecule has 3 nitrogen and oxygen atoms in total. The third-order valence-electron chi connectivity index (χ3n) is 4.48. The van der Waals surface area contributed by atoms with E-state index in [0.29, 0.717) is 6.61 Å². The molecule has 1 aromatic carbocycles. The van der Waals surface area contributed by atoms with Crippen LogP contribution in [0, 0.1) is 0 Å². The number of nitrogens with two attached hydrogens (primary N) is 1. The zero-order valence-corrected chi connectivity index (χ0v) is 12.0. The summed E-state index contributed by atoms with van der Waals surface area (Å²) >= 11 is 0. The third-order valence-corrected chi connectivity index (χ3v) is 4.48. The van der Waals surface area contributed by atoms with Crippen LogP contribution in [0.5, 0.6) is 0 Å². The minimum atomic E-state index is -0.208. The third kappa shape index (κ3) is 2.21. The van der Waals surface area contributed by atoms with Crippen molar-refractivity contribution in [3.63, 3.8) is 0 Å². The van der Waals surface area contributed by atoms with Gasteiger partial charge in [-0.25, -0.2) is 0 Å². The number of hydrogen-bond donors (Lipinski definition) is 1. The maximum Gasteiger partial charge on any atom is 0.0874 e. The molecule has 1 aromatic heterocycles. The lowest BCUT2D eigenvalue weighted by atomic mass is 9.86. The Hall–Kier alpha value is -1.45. The number of fused-ring (bicyclic) bond motifs is 1. The molecule has 0 bridgehead atoms. The van der Waals surface area contributed by atoms with Crippen molar-refractivity contribution in [2.24, 2.45) is 5.73 Å². The van der Waals surface area contributed by atoms with Gasteiger partial charge in [0.25, 0.3) is 0 Å². The van der Waals surface area contributed by atoms with Gasteiger partial charge in [-0.15, -0.1) is 0 Å². The molecule has 2 N–H and O–H groups in total. The molecule has 1 aliphatic rings. The number of hydrogen-bond acceptors (Lipinski definition) is 3. The van der Waals surface area contributed by atoms with E-state index in [1.807, 2.05) is 25.4 Å². The number of ether oxygens (including phenoxy) is 1. The highest BCUT2D eigenvalue weighted by Crippen LogP contribution is 2.42. The van der Waals surface area contributed by atoms with Crippen LogP contribution < -0.4 is 5.73 Å². The van der Waals surface area contributed by atoms with E-state index in [1.54, 1.807) is 0 Å². The van der Waals surface area contributed by atoms with Crippen LogP contribution in [0.4, 0.5) is 0 Å². The van der Waals surface area contributed by atoms with E-state index in [-0.39, 0.29) is 11.6 Å². The first-order chi connectivity index (χ1) is 9.77. The topological polar surface area (TPSA) is 48.1 Å². The Labute approximate surface area is 120 Å². The lowest BCUT2D eigenvalue weighted by molar-refractivity contribution is -0.0534. The monoisotopic (exact) mass is 270 g/mol. The molecular formula is C17H22N2O. The van der Waals surface area contributed by atoms with Crippen molar-refractivity contribution in [1.29, 1.82) is 0 Å². The quantitative estimate of drug-likeness (QED) is 0.923. The summed E-state index contributed by atoms with van der Waals surface area (Å²) < 4.78 is 6.10. The molecule has 1 heterocycles. The highest BCUT2D eigenvalue weighted by molar-refractivity contribution is 5.85. The first-order valence-corrected chi connectivity index (χ1v) is 7.49. The van der Waals surface area contributed by atoms with Crippen LogP contribution in [-0.4, -0.2) is 17.2 Å². The summed E-state index contributed by atoms with van der Waals surface area (Å²) in [6, 6.07) is 8.19. The van der Waals surface area contributed by atoms with Crippen molar-refractivity contribution in [2.45, 2.75) is 44.2 Å². The Kier molecular flexibility index (Phi) is 3.72. The molecule has 3 heteroatoms. The van der Waals surface area contributed by atoms with E-state index < -0.39 is 0 Å². The van der Waals surface area contributed by atoms with Gasteiger partial charge in [0.05, 0.1) is 11.6 Å². The molecule has 0 spiro atoms. The standard InChI is InChI=1S/C17H22N2O/c1-2-20-17(9-5-6-10-17)16(18)15-12-19-11-13-7-3-4-8-14(13)15/h3-4,7-8,11-12,16H,2,5-6,9-10,18H2,1H3. The van der Waals surface area contributed by atoms with Gasteiger partial charge in [-0.3, -0.25) is 4.98 Å².